The molecular formula is C24H31N5. The predicted molar refractivity (Wildman–Crippen MR) is 118 cm³/mol. The molecule has 2 aliphatic rings. The van der Waals surface area contributed by atoms with Gasteiger partial charge in [0.2, 0.25) is 0 Å². The fourth-order valence-electron chi connectivity index (χ4n) is 5.15. The van der Waals surface area contributed by atoms with Gasteiger partial charge in [-0.25, -0.2) is 4.98 Å². The Kier molecular flexibility index (Phi) is 5.10. The van der Waals surface area contributed by atoms with Crippen molar-refractivity contribution in [3.05, 3.63) is 48.5 Å². The number of pyridine rings is 1. The number of H-pyrrole nitrogens is 1. The second-order valence-electron chi connectivity index (χ2n) is 8.83. The van der Waals surface area contributed by atoms with Crippen LogP contribution in [-0.4, -0.2) is 56.5 Å². The molecule has 0 saturated carbocycles. The first kappa shape index (κ1) is 18.8. The zero-order chi connectivity index (χ0) is 19.8. The number of rotatable bonds is 5. The van der Waals surface area contributed by atoms with E-state index < -0.39 is 0 Å². The average molecular weight is 390 g/mol. The van der Waals surface area contributed by atoms with E-state index in [4.69, 9.17) is 4.98 Å². The van der Waals surface area contributed by atoms with Crippen molar-refractivity contribution in [1.29, 1.82) is 0 Å². The van der Waals surface area contributed by atoms with Gasteiger partial charge < -0.3 is 4.98 Å². The summed E-state index contributed by atoms with van der Waals surface area (Å²) in [6, 6.07) is 12.2. The van der Waals surface area contributed by atoms with Gasteiger partial charge in [0.1, 0.15) is 5.82 Å². The van der Waals surface area contributed by atoms with Gasteiger partial charge in [-0.15, -0.1) is 0 Å². The Morgan fingerprint density at radius 3 is 2.66 bits per heavy atom. The van der Waals surface area contributed by atoms with Crippen LogP contribution in [0.1, 0.15) is 51.4 Å². The van der Waals surface area contributed by atoms with Gasteiger partial charge in [-0.3, -0.25) is 14.8 Å². The molecular weight excluding hydrogens is 358 g/mol. The molecule has 0 spiro atoms. The molecule has 2 fully saturated rings. The van der Waals surface area contributed by atoms with Crippen molar-refractivity contribution in [2.24, 2.45) is 0 Å². The molecule has 0 bridgehead atoms. The molecule has 3 atom stereocenters. The van der Waals surface area contributed by atoms with Crippen LogP contribution in [0.2, 0.25) is 0 Å². The Bertz CT molecular complexity index is 966. The number of hydrogen-bond acceptors (Lipinski definition) is 4. The molecule has 5 rings (SSSR count). The van der Waals surface area contributed by atoms with Gasteiger partial charge in [0.15, 0.2) is 0 Å². The summed E-state index contributed by atoms with van der Waals surface area (Å²) in [5, 5.41) is 0. The summed E-state index contributed by atoms with van der Waals surface area (Å²) in [6.07, 6.45) is 8.95. The molecule has 152 valence electrons. The lowest BCUT2D eigenvalue weighted by atomic mass is 10.1. The first-order valence-corrected chi connectivity index (χ1v) is 11.1. The molecule has 0 amide bonds. The largest absolute Gasteiger partial charge is 0.341 e. The highest BCUT2D eigenvalue weighted by Gasteiger charge is 2.34. The Morgan fingerprint density at radius 1 is 1.07 bits per heavy atom. The number of aromatic amines is 1. The van der Waals surface area contributed by atoms with Crippen LogP contribution in [0, 0.1) is 0 Å². The minimum absolute atomic E-state index is 0.335. The van der Waals surface area contributed by atoms with Gasteiger partial charge in [0, 0.05) is 36.6 Å². The summed E-state index contributed by atoms with van der Waals surface area (Å²) in [7, 11) is 0. The first-order valence-electron chi connectivity index (χ1n) is 11.1. The summed E-state index contributed by atoms with van der Waals surface area (Å²) in [4.78, 5) is 18.3. The van der Waals surface area contributed by atoms with E-state index in [1.165, 1.54) is 44.3 Å². The van der Waals surface area contributed by atoms with Crippen molar-refractivity contribution in [1.82, 2.24) is 24.8 Å². The van der Waals surface area contributed by atoms with E-state index >= 15 is 0 Å². The lowest BCUT2D eigenvalue weighted by molar-refractivity contribution is 0.124. The third kappa shape index (κ3) is 3.69. The highest BCUT2D eigenvalue weighted by Crippen LogP contribution is 2.32. The van der Waals surface area contributed by atoms with Crippen LogP contribution in [0.25, 0.3) is 22.2 Å². The predicted octanol–water partition coefficient (Wildman–Crippen LogP) is 4.63. The fourth-order valence-corrected chi connectivity index (χ4v) is 5.15. The molecule has 2 aromatic heterocycles. The number of nitrogens with zero attached hydrogens (tertiary/aromatic N) is 4. The second kappa shape index (κ2) is 7.88. The third-order valence-corrected chi connectivity index (χ3v) is 6.91. The molecule has 4 heterocycles. The Hall–Kier alpha value is -2.24. The number of fused-ring (bicyclic) bond motifs is 1. The van der Waals surface area contributed by atoms with Gasteiger partial charge in [-0.2, -0.15) is 0 Å². The van der Waals surface area contributed by atoms with Crippen molar-refractivity contribution >= 4 is 11.0 Å². The van der Waals surface area contributed by atoms with E-state index in [-0.39, 0.29) is 0 Å². The second-order valence-corrected chi connectivity index (χ2v) is 8.83. The third-order valence-electron chi connectivity index (χ3n) is 6.91. The standard InChI is InChI=1S/C24H31N5/c1-17-6-4-12-28(17)16-23(29-13-5-7-18(29)2)24-26-21-10-9-19(14-22(21)27-24)20-8-3-11-25-15-20/h3,8-11,14-15,17-18,23H,4-7,12-13,16H2,1-2H3,(H,26,27)/t17-,18-,23?/m1/s1. The van der Waals surface area contributed by atoms with Gasteiger partial charge in [-0.05, 0) is 76.4 Å². The van der Waals surface area contributed by atoms with Crippen LogP contribution < -0.4 is 0 Å². The highest BCUT2D eigenvalue weighted by molar-refractivity contribution is 5.81. The van der Waals surface area contributed by atoms with Crippen molar-refractivity contribution in [2.75, 3.05) is 19.6 Å². The monoisotopic (exact) mass is 389 g/mol. The Balaban J connectivity index is 1.49. The van der Waals surface area contributed by atoms with Crippen LogP contribution in [0.3, 0.4) is 0 Å². The summed E-state index contributed by atoms with van der Waals surface area (Å²) >= 11 is 0. The molecule has 2 aliphatic heterocycles. The zero-order valence-corrected chi connectivity index (χ0v) is 17.5. The van der Waals surface area contributed by atoms with Gasteiger partial charge in [0.25, 0.3) is 0 Å². The summed E-state index contributed by atoms with van der Waals surface area (Å²) in [5.74, 6) is 1.12. The van der Waals surface area contributed by atoms with Crippen LogP contribution in [0.4, 0.5) is 0 Å². The molecule has 1 aromatic carbocycles. The maximum absolute atomic E-state index is 5.05. The van der Waals surface area contributed by atoms with E-state index in [0.29, 0.717) is 18.1 Å². The minimum atomic E-state index is 0.335. The van der Waals surface area contributed by atoms with E-state index in [9.17, 15) is 0 Å². The Morgan fingerprint density at radius 2 is 1.93 bits per heavy atom. The van der Waals surface area contributed by atoms with Crippen molar-refractivity contribution < 1.29 is 0 Å². The lowest BCUT2D eigenvalue weighted by Gasteiger charge is -2.34. The van der Waals surface area contributed by atoms with Gasteiger partial charge >= 0.3 is 0 Å². The molecule has 0 aliphatic carbocycles. The number of nitrogens with one attached hydrogen (secondary N) is 1. The molecule has 1 N–H and O–H groups in total. The Labute approximate surface area is 173 Å². The van der Waals surface area contributed by atoms with Gasteiger partial charge in [0.05, 0.1) is 17.1 Å². The van der Waals surface area contributed by atoms with Crippen LogP contribution in [0.15, 0.2) is 42.7 Å². The van der Waals surface area contributed by atoms with Crippen LogP contribution in [-0.2, 0) is 0 Å². The molecule has 3 aromatic rings. The summed E-state index contributed by atoms with van der Waals surface area (Å²) in [6.45, 7) is 8.20. The van der Waals surface area contributed by atoms with E-state index in [1.54, 1.807) is 0 Å². The molecule has 29 heavy (non-hydrogen) atoms. The molecule has 5 heteroatoms. The topological polar surface area (TPSA) is 48.1 Å². The number of likely N-dealkylation sites (tertiary alicyclic amines) is 2. The molecule has 0 radical (unpaired) electrons. The maximum atomic E-state index is 5.05. The summed E-state index contributed by atoms with van der Waals surface area (Å²) < 4.78 is 0. The number of imidazole rings is 1. The smallest absolute Gasteiger partial charge is 0.126 e. The first-order chi connectivity index (χ1) is 14.2. The van der Waals surface area contributed by atoms with Crippen LogP contribution in [0.5, 0.6) is 0 Å². The number of aromatic nitrogens is 3. The lowest BCUT2D eigenvalue weighted by Crippen LogP contribution is -2.41. The van der Waals surface area contributed by atoms with E-state index in [0.717, 1.165) is 29.0 Å². The van der Waals surface area contributed by atoms with Crippen molar-refractivity contribution in [2.45, 2.75) is 57.7 Å². The number of benzene rings is 1. The molecule has 5 nitrogen and oxygen atoms in total. The molecule has 1 unspecified atom stereocenters. The minimum Gasteiger partial charge on any atom is -0.341 e. The van der Waals surface area contributed by atoms with E-state index in [2.05, 4.69) is 57.9 Å². The summed E-state index contributed by atoms with van der Waals surface area (Å²) in [5.41, 5.74) is 4.49. The number of hydrogen-bond donors (Lipinski definition) is 1. The normalized spacial score (nSPS) is 24.5. The quantitative estimate of drug-likeness (QED) is 0.691. The van der Waals surface area contributed by atoms with Crippen molar-refractivity contribution in [3.8, 4) is 11.1 Å². The average Bonchev–Trinajstić information content (AvgIpc) is 3.46. The van der Waals surface area contributed by atoms with Gasteiger partial charge in [-0.1, -0.05) is 12.1 Å². The van der Waals surface area contributed by atoms with Crippen LogP contribution >= 0.6 is 0 Å². The SMILES string of the molecule is C[C@@H]1CCCN1CC(c1nc2ccc(-c3cccnc3)cc2[nH]1)N1CCC[C@H]1C. The van der Waals surface area contributed by atoms with E-state index in [1.807, 2.05) is 18.5 Å². The molecule has 2 saturated heterocycles. The highest BCUT2D eigenvalue weighted by atomic mass is 15.3. The fraction of sp³-hybridized carbons (Fsp3) is 0.500. The maximum Gasteiger partial charge on any atom is 0.126 e. The van der Waals surface area contributed by atoms with Crippen molar-refractivity contribution in [3.63, 3.8) is 0 Å². The zero-order valence-electron chi connectivity index (χ0n) is 17.5.